The van der Waals surface area contributed by atoms with Gasteiger partial charge >= 0.3 is 0 Å². The van der Waals surface area contributed by atoms with Gasteiger partial charge in [0, 0.05) is 13.1 Å². The fraction of sp³-hybridized carbons (Fsp3) is 0.700. The van der Waals surface area contributed by atoms with Crippen molar-refractivity contribution in [3.05, 3.63) is 12.0 Å². The maximum absolute atomic E-state index is 5.70. The fourth-order valence-corrected chi connectivity index (χ4v) is 2.32. The van der Waals surface area contributed by atoms with E-state index in [4.69, 9.17) is 10.5 Å². The molecule has 0 aromatic rings. The molecular weight excluding hydrogens is 164 g/mol. The molecule has 1 aliphatic carbocycles. The molecule has 1 saturated carbocycles. The number of nitrogens with two attached hydrogens (primary N) is 1. The monoisotopic (exact) mass is 180 g/mol. The summed E-state index contributed by atoms with van der Waals surface area (Å²) in [5.74, 6) is 0.530. The highest BCUT2D eigenvalue weighted by Gasteiger charge is 2.42. The molecule has 3 nitrogen and oxygen atoms in total. The zero-order valence-electron chi connectivity index (χ0n) is 8.05. The molecule has 2 rings (SSSR count). The van der Waals surface area contributed by atoms with Crippen LogP contribution in [0, 0.1) is 0 Å². The topological polar surface area (TPSA) is 47.6 Å². The first kappa shape index (κ1) is 8.60. The fourth-order valence-electron chi connectivity index (χ4n) is 2.32. The van der Waals surface area contributed by atoms with Gasteiger partial charge in [0.1, 0.15) is 0 Å². The Morgan fingerprint density at radius 3 is 2.69 bits per heavy atom. The highest BCUT2D eigenvalue weighted by molar-refractivity contribution is 6.03. The third-order valence-corrected chi connectivity index (χ3v) is 2.96. The van der Waals surface area contributed by atoms with Gasteiger partial charge < -0.3 is 10.5 Å². The maximum Gasteiger partial charge on any atom is 0.187 e. The van der Waals surface area contributed by atoms with Gasteiger partial charge in [-0.05, 0) is 25.7 Å². The van der Waals surface area contributed by atoms with Crippen LogP contribution in [0.2, 0.25) is 0 Å². The molecule has 1 spiro atoms. The number of aliphatic imine (C=N–C) groups is 1. The lowest BCUT2D eigenvalue weighted by molar-refractivity contribution is 0.0406. The molecule has 0 atom stereocenters. The first-order chi connectivity index (χ1) is 6.27. The van der Waals surface area contributed by atoms with E-state index in [0.717, 1.165) is 18.6 Å². The van der Waals surface area contributed by atoms with E-state index in [1.165, 1.54) is 19.3 Å². The van der Waals surface area contributed by atoms with Crippen molar-refractivity contribution in [2.45, 2.75) is 37.7 Å². The lowest BCUT2D eigenvalue weighted by atomic mass is 9.82. The second-order valence-corrected chi connectivity index (χ2v) is 3.81. The molecule has 0 saturated heterocycles. The van der Waals surface area contributed by atoms with Crippen molar-refractivity contribution < 1.29 is 4.74 Å². The number of ether oxygens (including phenoxy) is 1. The predicted molar refractivity (Wildman–Crippen MR) is 52.5 cm³/mol. The lowest BCUT2D eigenvalue weighted by Crippen LogP contribution is -2.39. The molecule has 0 radical (unpaired) electrons. The van der Waals surface area contributed by atoms with Crippen LogP contribution in [0.15, 0.2) is 17.0 Å². The molecule has 0 aromatic heterocycles. The Hall–Kier alpha value is -0.990. The van der Waals surface area contributed by atoms with Gasteiger partial charge in [0.05, 0.1) is 5.71 Å². The number of rotatable bonds is 0. The quantitative estimate of drug-likeness (QED) is 0.615. The van der Waals surface area contributed by atoms with E-state index in [2.05, 4.69) is 4.99 Å². The van der Waals surface area contributed by atoms with Crippen molar-refractivity contribution in [3.8, 4) is 0 Å². The molecule has 1 aliphatic heterocycles. The van der Waals surface area contributed by atoms with Crippen LogP contribution in [0.3, 0.4) is 0 Å². The summed E-state index contributed by atoms with van der Waals surface area (Å²) in [6.07, 6.45) is 7.75. The van der Waals surface area contributed by atoms with Gasteiger partial charge in [-0.1, -0.05) is 6.42 Å². The summed E-state index contributed by atoms with van der Waals surface area (Å²) in [6, 6.07) is 0. The Balaban J connectivity index is 2.23. The Labute approximate surface area is 78.7 Å². The standard InChI is InChI=1S/C10H16N2O/c1-12-8-7-9(11)13-10(8)5-3-2-4-6-10/h7H,2-6,11H2,1H3. The van der Waals surface area contributed by atoms with Crippen molar-refractivity contribution in [1.82, 2.24) is 0 Å². The third kappa shape index (κ3) is 1.32. The molecular formula is C10H16N2O. The van der Waals surface area contributed by atoms with Gasteiger partial charge in [-0.25, -0.2) is 0 Å². The van der Waals surface area contributed by atoms with Gasteiger partial charge in [0.2, 0.25) is 0 Å². The zero-order valence-corrected chi connectivity index (χ0v) is 8.05. The summed E-state index contributed by atoms with van der Waals surface area (Å²) >= 11 is 0. The minimum atomic E-state index is -0.156. The highest BCUT2D eigenvalue weighted by atomic mass is 16.5. The molecule has 72 valence electrons. The molecule has 3 heteroatoms. The summed E-state index contributed by atoms with van der Waals surface area (Å²) in [4.78, 5) is 4.25. The molecule has 1 heterocycles. The van der Waals surface area contributed by atoms with Gasteiger partial charge in [0.25, 0.3) is 0 Å². The molecule has 2 N–H and O–H groups in total. The molecule has 0 unspecified atom stereocenters. The normalized spacial score (nSPS) is 29.0. The molecule has 1 fully saturated rings. The molecule has 13 heavy (non-hydrogen) atoms. The summed E-state index contributed by atoms with van der Waals surface area (Å²) in [7, 11) is 1.81. The van der Waals surface area contributed by atoms with E-state index in [1.54, 1.807) is 0 Å². The Bertz CT molecular complexity index is 262. The second kappa shape index (κ2) is 3.05. The smallest absolute Gasteiger partial charge is 0.187 e. The number of nitrogens with zero attached hydrogens (tertiary/aromatic N) is 1. The van der Waals surface area contributed by atoms with Gasteiger partial charge in [-0.2, -0.15) is 0 Å². The summed E-state index contributed by atoms with van der Waals surface area (Å²) in [5.41, 5.74) is 6.54. The minimum absolute atomic E-state index is 0.156. The first-order valence-electron chi connectivity index (χ1n) is 4.90. The predicted octanol–water partition coefficient (Wildman–Crippen LogP) is 1.59. The average molecular weight is 180 g/mol. The van der Waals surface area contributed by atoms with Crippen LogP contribution in [-0.4, -0.2) is 18.4 Å². The van der Waals surface area contributed by atoms with Crippen LogP contribution in [0.5, 0.6) is 0 Å². The second-order valence-electron chi connectivity index (χ2n) is 3.81. The minimum Gasteiger partial charge on any atom is -0.466 e. The van der Waals surface area contributed by atoms with Gasteiger partial charge in [-0.15, -0.1) is 0 Å². The Morgan fingerprint density at radius 2 is 2.08 bits per heavy atom. The van der Waals surface area contributed by atoms with Gasteiger partial charge in [0.15, 0.2) is 11.5 Å². The molecule has 0 aromatic carbocycles. The first-order valence-corrected chi connectivity index (χ1v) is 4.90. The summed E-state index contributed by atoms with van der Waals surface area (Å²) in [6.45, 7) is 0. The molecule has 0 bridgehead atoms. The number of hydrogen-bond donors (Lipinski definition) is 1. The molecule has 2 aliphatic rings. The molecule has 0 amide bonds. The largest absolute Gasteiger partial charge is 0.466 e. The average Bonchev–Trinajstić information content (AvgIpc) is 2.43. The van der Waals surface area contributed by atoms with Crippen molar-refractivity contribution in [1.29, 1.82) is 0 Å². The van der Waals surface area contributed by atoms with Crippen molar-refractivity contribution in [3.63, 3.8) is 0 Å². The highest BCUT2D eigenvalue weighted by Crippen LogP contribution is 2.37. The SMILES string of the molecule is CN=C1C=C(N)OC12CCCCC2. The Morgan fingerprint density at radius 1 is 1.38 bits per heavy atom. The van der Waals surface area contributed by atoms with Gasteiger partial charge in [-0.3, -0.25) is 4.99 Å². The van der Waals surface area contributed by atoms with Crippen molar-refractivity contribution >= 4 is 5.71 Å². The van der Waals surface area contributed by atoms with Crippen LogP contribution < -0.4 is 5.73 Å². The lowest BCUT2D eigenvalue weighted by Gasteiger charge is -2.33. The van der Waals surface area contributed by atoms with E-state index < -0.39 is 0 Å². The summed E-state index contributed by atoms with van der Waals surface area (Å²) in [5, 5.41) is 0. The van der Waals surface area contributed by atoms with Crippen LogP contribution in [-0.2, 0) is 4.74 Å². The van der Waals surface area contributed by atoms with Crippen molar-refractivity contribution in [2.24, 2.45) is 10.7 Å². The van der Waals surface area contributed by atoms with Crippen molar-refractivity contribution in [2.75, 3.05) is 7.05 Å². The van der Waals surface area contributed by atoms with E-state index in [-0.39, 0.29) is 5.60 Å². The van der Waals surface area contributed by atoms with Crippen LogP contribution in [0.4, 0.5) is 0 Å². The van der Waals surface area contributed by atoms with E-state index in [1.807, 2.05) is 13.1 Å². The van der Waals surface area contributed by atoms with E-state index in [9.17, 15) is 0 Å². The van der Waals surface area contributed by atoms with Crippen LogP contribution in [0.25, 0.3) is 0 Å². The van der Waals surface area contributed by atoms with Crippen LogP contribution >= 0.6 is 0 Å². The van der Waals surface area contributed by atoms with Crippen LogP contribution in [0.1, 0.15) is 32.1 Å². The Kier molecular flexibility index (Phi) is 2.02. The van der Waals surface area contributed by atoms with E-state index in [0.29, 0.717) is 5.88 Å². The zero-order chi connectivity index (χ0) is 9.31. The number of hydrogen-bond acceptors (Lipinski definition) is 3. The summed E-state index contributed by atoms with van der Waals surface area (Å²) < 4.78 is 5.70. The third-order valence-electron chi connectivity index (χ3n) is 2.96. The van der Waals surface area contributed by atoms with E-state index >= 15 is 0 Å². The maximum atomic E-state index is 5.70.